The number of rotatable bonds is 5. The molecule has 1 saturated carbocycles. The van der Waals surface area contributed by atoms with Crippen LogP contribution in [0.5, 0.6) is 0 Å². The first kappa shape index (κ1) is 21.3. The van der Waals surface area contributed by atoms with Crippen molar-refractivity contribution in [2.75, 3.05) is 6.61 Å². The average Bonchev–Trinajstić information content (AvgIpc) is 3.58. The van der Waals surface area contributed by atoms with Gasteiger partial charge >= 0.3 is 0 Å². The number of epoxide rings is 1. The van der Waals surface area contributed by atoms with Crippen molar-refractivity contribution in [1.82, 2.24) is 5.32 Å². The van der Waals surface area contributed by atoms with Gasteiger partial charge in [0, 0.05) is 6.92 Å². The number of hydrogen-bond donors (Lipinski definition) is 2. The molecule has 8 atom stereocenters. The lowest BCUT2D eigenvalue weighted by Gasteiger charge is -2.48. The highest BCUT2D eigenvalue weighted by molar-refractivity contribution is 5.73. The van der Waals surface area contributed by atoms with Gasteiger partial charge in [0.15, 0.2) is 12.6 Å². The Hall–Kier alpha value is -1.55. The molecular formula is C23H31NO7. The van der Waals surface area contributed by atoms with E-state index >= 15 is 0 Å². The van der Waals surface area contributed by atoms with E-state index in [1.807, 2.05) is 30.3 Å². The van der Waals surface area contributed by atoms with Crippen LogP contribution < -0.4 is 5.32 Å². The topological polar surface area (TPSA) is 98.8 Å². The summed E-state index contributed by atoms with van der Waals surface area (Å²) in [5, 5.41) is 13.9. The third-order valence-electron chi connectivity index (χ3n) is 6.56. The maximum atomic E-state index is 11.8. The maximum Gasteiger partial charge on any atom is 0.217 e. The van der Waals surface area contributed by atoms with Gasteiger partial charge in [-0.3, -0.25) is 4.79 Å². The van der Waals surface area contributed by atoms with Gasteiger partial charge in [-0.25, -0.2) is 0 Å². The lowest BCUT2D eigenvalue weighted by Crippen LogP contribution is -2.68. The first-order valence-electron chi connectivity index (χ1n) is 11.3. The first-order chi connectivity index (χ1) is 15.1. The summed E-state index contributed by atoms with van der Waals surface area (Å²) < 4.78 is 30.1. The lowest BCUT2D eigenvalue weighted by atomic mass is 9.94. The number of fused-ring (bicyclic) bond motifs is 1. The van der Waals surface area contributed by atoms with Crippen molar-refractivity contribution in [1.29, 1.82) is 0 Å². The van der Waals surface area contributed by atoms with E-state index in [0.29, 0.717) is 0 Å². The molecule has 4 fully saturated rings. The van der Waals surface area contributed by atoms with Crippen LogP contribution in [0.15, 0.2) is 30.3 Å². The van der Waals surface area contributed by atoms with Crippen LogP contribution >= 0.6 is 0 Å². The molecule has 3 saturated heterocycles. The Morgan fingerprint density at radius 2 is 1.84 bits per heavy atom. The second-order valence-corrected chi connectivity index (χ2v) is 8.89. The number of aliphatic hydroxyl groups is 1. The Morgan fingerprint density at radius 1 is 1.06 bits per heavy atom. The molecule has 0 unspecified atom stereocenters. The summed E-state index contributed by atoms with van der Waals surface area (Å²) >= 11 is 0. The van der Waals surface area contributed by atoms with Crippen LogP contribution in [0, 0.1) is 0 Å². The number of carbonyl (C=O) groups is 1. The van der Waals surface area contributed by atoms with Crippen LogP contribution in [0.2, 0.25) is 0 Å². The molecule has 0 bridgehead atoms. The van der Waals surface area contributed by atoms with E-state index in [1.54, 1.807) is 0 Å². The molecular weight excluding hydrogens is 402 g/mol. The van der Waals surface area contributed by atoms with E-state index in [-0.39, 0.29) is 30.8 Å². The van der Waals surface area contributed by atoms with E-state index in [9.17, 15) is 9.90 Å². The van der Waals surface area contributed by atoms with Crippen molar-refractivity contribution < 1.29 is 33.6 Å². The van der Waals surface area contributed by atoms with Crippen molar-refractivity contribution in [2.24, 2.45) is 0 Å². The molecule has 3 heterocycles. The van der Waals surface area contributed by atoms with Gasteiger partial charge in [0.2, 0.25) is 5.91 Å². The molecule has 5 rings (SSSR count). The molecule has 0 aromatic heterocycles. The largest absolute Gasteiger partial charge is 0.388 e. The fraction of sp³-hybridized carbons (Fsp3) is 0.696. The zero-order chi connectivity index (χ0) is 21.4. The summed E-state index contributed by atoms with van der Waals surface area (Å²) in [5.74, 6) is -0.248. The summed E-state index contributed by atoms with van der Waals surface area (Å²) in [7, 11) is 0. The quantitative estimate of drug-likeness (QED) is 0.684. The fourth-order valence-electron chi connectivity index (χ4n) is 4.92. The molecule has 31 heavy (non-hydrogen) atoms. The number of carbonyl (C=O) groups excluding carboxylic acids is 1. The van der Waals surface area contributed by atoms with Crippen LogP contribution in [0.3, 0.4) is 0 Å². The smallest absolute Gasteiger partial charge is 0.217 e. The minimum Gasteiger partial charge on any atom is -0.388 e. The fourth-order valence-corrected chi connectivity index (χ4v) is 4.92. The van der Waals surface area contributed by atoms with Crippen molar-refractivity contribution in [3.8, 4) is 0 Å². The number of nitrogens with one attached hydrogen (secondary N) is 1. The summed E-state index contributed by atoms with van der Waals surface area (Å²) in [6.45, 7) is 1.69. The van der Waals surface area contributed by atoms with E-state index in [4.69, 9.17) is 23.7 Å². The Kier molecular flexibility index (Phi) is 6.28. The van der Waals surface area contributed by atoms with E-state index < -0.39 is 36.9 Å². The minimum atomic E-state index is -0.975. The van der Waals surface area contributed by atoms with Gasteiger partial charge in [0.1, 0.15) is 36.6 Å². The number of benzene rings is 1. The van der Waals surface area contributed by atoms with Crippen LogP contribution in [0.1, 0.15) is 50.7 Å². The highest BCUT2D eigenvalue weighted by Crippen LogP contribution is 2.44. The molecule has 1 aromatic carbocycles. The van der Waals surface area contributed by atoms with Crippen LogP contribution in [-0.2, 0) is 28.5 Å². The van der Waals surface area contributed by atoms with E-state index in [2.05, 4.69) is 5.32 Å². The Labute approximate surface area is 182 Å². The molecule has 2 N–H and O–H groups in total. The van der Waals surface area contributed by atoms with Crippen LogP contribution in [0.4, 0.5) is 0 Å². The van der Waals surface area contributed by atoms with Crippen LogP contribution in [-0.4, -0.2) is 66.8 Å². The van der Waals surface area contributed by atoms with Gasteiger partial charge in [0.25, 0.3) is 0 Å². The van der Waals surface area contributed by atoms with E-state index in [0.717, 1.165) is 31.2 Å². The third kappa shape index (κ3) is 4.65. The molecule has 170 valence electrons. The van der Waals surface area contributed by atoms with Gasteiger partial charge in [0.05, 0.1) is 12.7 Å². The van der Waals surface area contributed by atoms with Gasteiger partial charge in [-0.2, -0.15) is 0 Å². The average molecular weight is 434 g/mol. The molecule has 0 spiro atoms. The van der Waals surface area contributed by atoms with E-state index in [1.165, 1.54) is 13.3 Å². The highest BCUT2D eigenvalue weighted by atomic mass is 16.8. The summed E-state index contributed by atoms with van der Waals surface area (Å²) in [4.78, 5) is 11.8. The molecule has 3 aliphatic heterocycles. The van der Waals surface area contributed by atoms with Crippen molar-refractivity contribution in [2.45, 2.75) is 94.3 Å². The predicted octanol–water partition coefficient (Wildman–Crippen LogP) is 1.81. The van der Waals surface area contributed by atoms with Crippen molar-refractivity contribution >= 4 is 5.91 Å². The Morgan fingerprint density at radius 3 is 2.58 bits per heavy atom. The third-order valence-corrected chi connectivity index (χ3v) is 6.56. The van der Waals surface area contributed by atoms with Gasteiger partial charge in [-0.15, -0.1) is 0 Å². The first-order valence-corrected chi connectivity index (χ1v) is 11.3. The monoisotopic (exact) mass is 433 g/mol. The Bertz CT molecular complexity index is 756. The lowest BCUT2D eigenvalue weighted by molar-refractivity contribution is -0.349. The number of amides is 1. The summed E-state index contributed by atoms with van der Waals surface area (Å²) in [6.07, 6.45) is 1.72. The van der Waals surface area contributed by atoms with Crippen LogP contribution in [0.25, 0.3) is 0 Å². The number of hydrogen-bond acceptors (Lipinski definition) is 7. The van der Waals surface area contributed by atoms with Crippen molar-refractivity contribution in [3.05, 3.63) is 35.9 Å². The molecule has 4 aliphatic rings. The zero-order valence-corrected chi connectivity index (χ0v) is 17.7. The maximum absolute atomic E-state index is 11.8. The van der Waals surface area contributed by atoms with Crippen molar-refractivity contribution in [3.63, 3.8) is 0 Å². The van der Waals surface area contributed by atoms with Gasteiger partial charge in [-0.1, -0.05) is 49.6 Å². The molecule has 1 aromatic rings. The van der Waals surface area contributed by atoms with Gasteiger partial charge in [-0.05, 0) is 18.4 Å². The molecule has 8 heteroatoms. The molecule has 1 aliphatic carbocycles. The normalized spacial score (nSPS) is 40.7. The predicted molar refractivity (Wildman–Crippen MR) is 109 cm³/mol. The second kappa shape index (κ2) is 9.13. The Balaban J connectivity index is 1.25. The standard InChI is InChI=1S/C23H31NO7/c1-13(25)24-17-18(26)20-16(29-22(17)28-15-10-6-3-7-11-15)12-27-23(31-20)21-19(30-21)14-8-4-2-5-9-14/h2,4-5,8-9,15-23,26H,3,6-7,10-12H2,1H3,(H,24,25)/t16-,17-,18+,19-,20-,21+,22-,23-/m1/s1. The minimum absolute atomic E-state index is 0.0726. The molecule has 8 nitrogen and oxygen atoms in total. The second-order valence-electron chi connectivity index (χ2n) is 8.89. The zero-order valence-electron chi connectivity index (χ0n) is 17.7. The SMILES string of the molecule is CC(=O)N[C@H]1[C@H](OC2CCCCC2)O[C@@H]2CO[C@@H]([C@H]3O[C@@H]3c3ccccc3)O[C@H]2[C@H]1O. The molecule has 1 amide bonds. The highest BCUT2D eigenvalue weighted by Gasteiger charge is 2.55. The summed E-state index contributed by atoms with van der Waals surface area (Å²) in [6, 6.07) is 9.21. The number of aliphatic hydroxyl groups excluding tert-OH is 1. The van der Waals surface area contributed by atoms with Gasteiger partial charge < -0.3 is 34.1 Å². The summed E-state index contributed by atoms with van der Waals surface area (Å²) in [5.41, 5.74) is 1.07. The number of ether oxygens (including phenoxy) is 5. The molecule has 0 radical (unpaired) electrons.